The Morgan fingerprint density at radius 1 is 1.15 bits per heavy atom. The minimum absolute atomic E-state index is 0.158. The van der Waals surface area contributed by atoms with Gasteiger partial charge in [-0.05, 0) is 45.6 Å². The summed E-state index contributed by atoms with van der Waals surface area (Å²) in [4.78, 5) is 39.3. The fourth-order valence-corrected chi connectivity index (χ4v) is 4.61. The summed E-state index contributed by atoms with van der Waals surface area (Å²) in [5.41, 5.74) is 2.48. The van der Waals surface area contributed by atoms with Crippen LogP contribution in [0, 0.1) is 25.7 Å². The molecule has 27 heavy (non-hydrogen) atoms. The summed E-state index contributed by atoms with van der Waals surface area (Å²) in [6, 6.07) is 1.87. The lowest BCUT2D eigenvalue weighted by molar-refractivity contribution is -0.139. The molecule has 0 saturated carbocycles. The van der Waals surface area contributed by atoms with E-state index in [9.17, 15) is 14.4 Å². The highest BCUT2D eigenvalue weighted by Gasteiger charge is 2.47. The van der Waals surface area contributed by atoms with E-state index in [4.69, 9.17) is 4.74 Å². The SMILES string of the molecule is Cc1cc(C(=O)CN2C(=O)[C@H]3CC=CC[C@@H]3C2=O)c(C)n1C[C@H]1CCCO1. The van der Waals surface area contributed by atoms with Gasteiger partial charge < -0.3 is 9.30 Å². The van der Waals surface area contributed by atoms with Gasteiger partial charge in [0.15, 0.2) is 5.78 Å². The Morgan fingerprint density at radius 2 is 1.81 bits per heavy atom. The highest BCUT2D eigenvalue weighted by atomic mass is 16.5. The van der Waals surface area contributed by atoms with Crippen LogP contribution in [-0.4, -0.2) is 46.3 Å². The lowest BCUT2D eigenvalue weighted by Gasteiger charge is -2.16. The summed E-state index contributed by atoms with van der Waals surface area (Å²) in [5.74, 6) is -1.15. The molecule has 0 N–H and O–H groups in total. The van der Waals surface area contributed by atoms with Gasteiger partial charge in [-0.25, -0.2) is 0 Å². The zero-order chi connectivity index (χ0) is 19.1. The summed E-state index contributed by atoms with van der Waals surface area (Å²) in [5, 5.41) is 0. The van der Waals surface area contributed by atoms with Crippen LogP contribution in [0.1, 0.15) is 47.4 Å². The van der Waals surface area contributed by atoms with E-state index in [2.05, 4.69) is 4.57 Å². The average molecular weight is 370 g/mol. The van der Waals surface area contributed by atoms with E-state index in [1.165, 1.54) is 4.90 Å². The quantitative estimate of drug-likeness (QED) is 0.453. The molecule has 2 amide bonds. The van der Waals surface area contributed by atoms with Crippen LogP contribution < -0.4 is 0 Å². The summed E-state index contributed by atoms with van der Waals surface area (Å²) < 4.78 is 7.83. The van der Waals surface area contributed by atoms with Crippen molar-refractivity contribution >= 4 is 17.6 Å². The molecule has 2 fully saturated rings. The third-order valence-corrected chi connectivity index (χ3v) is 6.18. The Balaban J connectivity index is 1.50. The van der Waals surface area contributed by atoms with E-state index >= 15 is 0 Å². The van der Waals surface area contributed by atoms with Crippen LogP contribution in [0.25, 0.3) is 0 Å². The van der Waals surface area contributed by atoms with Gasteiger partial charge in [-0.3, -0.25) is 19.3 Å². The van der Waals surface area contributed by atoms with Crippen molar-refractivity contribution in [1.82, 2.24) is 9.47 Å². The largest absolute Gasteiger partial charge is 0.376 e. The lowest BCUT2D eigenvalue weighted by atomic mass is 9.85. The molecule has 3 atom stereocenters. The molecule has 4 rings (SSSR count). The maximum atomic E-state index is 12.9. The van der Waals surface area contributed by atoms with E-state index < -0.39 is 0 Å². The maximum Gasteiger partial charge on any atom is 0.233 e. The van der Waals surface area contributed by atoms with Gasteiger partial charge >= 0.3 is 0 Å². The van der Waals surface area contributed by atoms with E-state index in [0.717, 1.165) is 37.4 Å². The number of aromatic nitrogens is 1. The second kappa shape index (κ2) is 7.08. The van der Waals surface area contributed by atoms with Gasteiger partial charge in [0, 0.05) is 30.1 Å². The number of rotatable bonds is 5. The molecule has 2 saturated heterocycles. The third kappa shape index (κ3) is 3.16. The molecule has 0 aromatic carbocycles. The number of fused-ring (bicyclic) bond motifs is 1. The number of nitrogens with zero attached hydrogens (tertiary/aromatic N) is 2. The molecule has 144 valence electrons. The normalized spacial score (nSPS) is 27.5. The Hall–Kier alpha value is -2.21. The van der Waals surface area contributed by atoms with Crippen molar-refractivity contribution in [2.45, 2.75) is 52.2 Å². The van der Waals surface area contributed by atoms with E-state index in [1.54, 1.807) is 0 Å². The van der Waals surface area contributed by atoms with Crippen LogP contribution >= 0.6 is 0 Å². The smallest absolute Gasteiger partial charge is 0.233 e. The molecule has 3 heterocycles. The molecule has 1 aromatic rings. The first-order valence-corrected chi connectivity index (χ1v) is 9.79. The Kier molecular flexibility index (Phi) is 4.76. The van der Waals surface area contributed by atoms with Gasteiger partial charge in [-0.1, -0.05) is 12.2 Å². The number of likely N-dealkylation sites (tertiary alicyclic amines) is 1. The number of hydrogen-bond acceptors (Lipinski definition) is 4. The summed E-state index contributed by atoms with van der Waals surface area (Å²) >= 11 is 0. The van der Waals surface area contributed by atoms with E-state index in [0.29, 0.717) is 18.4 Å². The molecular weight excluding hydrogens is 344 g/mol. The standard InChI is InChI=1S/C21H26N2O4/c1-13-10-18(14(2)22(13)11-15-6-5-9-27-15)19(24)12-23-20(25)16-7-3-4-8-17(16)21(23)26/h3-4,10,15-17H,5-9,11-12H2,1-2H3/t15-,16+,17+/m1/s1. The molecule has 1 aromatic heterocycles. The van der Waals surface area contributed by atoms with Crippen LogP contribution in [0.2, 0.25) is 0 Å². The van der Waals surface area contributed by atoms with Crippen LogP contribution in [0.4, 0.5) is 0 Å². The number of carbonyl (C=O) groups is 3. The van der Waals surface area contributed by atoms with Crippen molar-refractivity contribution in [1.29, 1.82) is 0 Å². The van der Waals surface area contributed by atoms with Crippen molar-refractivity contribution in [3.05, 3.63) is 35.2 Å². The number of imide groups is 1. The number of Topliss-reactive ketones (excluding diaryl/α,β-unsaturated/α-hetero) is 1. The summed E-state index contributed by atoms with van der Waals surface area (Å²) in [6.45, 7) is 5.28. The zero-order valence-corrected chi connectivity index (χ0v) is 15.9. The minimum atomic E-state index is -0.290. The highest BCUT2D eigenvalue weighted by Crippen LogP contribution is 2.35. The molecule has 0 unspecified atom stereocenters. The monoisotopic (exact) mass is 370 g/mol. The molecule has 6 nitrogen and oxygen atoms in total. The van der Waals surface area contributed by atoms with E-state index in [-0.39, 0.29) is 42.1 Å². The van der Waals surface area contributed by atoms with Crippen LogP contribution in [0.5, 0.6) is 0 Å². The number of allylic oxidation sites excluding steroid dienone is 2. The van der Waals surface area contributed by atoms with Gasteiger partial charge in [-0.2, -0.15) is 0 Å². The van der Waals surface area contributed by atoms with Gasteiger partial charge in [-0.15, -0.1) is 0 Å². The number of amides is 2. The number of ether oxygens (including phenoxy) is 1. The number of carbonyl (C=O) groups excluding carboxylic acids is 3. The summed E-state index contributed by atoms with van der Waals surface area (Å²) in [7, 11) is 0. The van der Waals surface area contributed by atoms with Crippen LogP contribution in [0.15, 0.2) is 18.2 Å². The van der Waals surface area contributed by atoms with Crippen molar-refractivity contribution < 1.29 is 19.1 Å². The third-order valence-electron chi connectivity index (χ3n) is 6.18. The molecule has 6 heteroatoms. The van der Waals surface area contributed by atoms with E-state index in [1.807, 2.05) is 32.1 Å². The fourth-order valence-electron chi connectivity index (χ4n) is 4.61. The Bertz CT molecular complexity index is 790. The average Bonchev–Trinajstić information content (AvgIpc) is 3.34. The molecule has 0 bridgehead atoms. The number of aryl methyl sites for hydroxylation is 1. The zero-order valence-electron chi connectivity index (χ0n) is 15.9. The maximum absolute atomic E-state index is 12.9. The van der Waals surface area contributed by atoms with Crippen LogP contribution in [0.3, 0.4) is 0 Å². The van der Waals surface area contributed by atoms with Crippen LogP contribution in [-0.2, 0) is 20.9 Å². The van der Waals surface area contributed by atoms with Gasteiger partial charge in [0.25, 0.3) is 0 Å². The Labute approximate surface area is 159 Å². The van der Waals surface area contributed by atoms with Crippen molar-refractivity contribution in [3.8, 4) is 0 Å². The van der Waals surface area contributed by atoms with Crippen molar-refractivity contribution in [2.24, 2.45) is 11.8 Å². The summed E-state index contributed by atoms with van der Waals surface area (Å²) in [6.07, 6.45) is 7.40. The molecule has 3 aliphatic rings. The lowest BCUT2D eigenvalue weighted by Crippen LogP contribution is -2.36. The highest BCUT2D eigenvalue weighted by molar-refractivity contribution is 6.10. The number of ketones is 1. The molecule has 2 aliphatic heterocycles. The molecular formula is C21H26N2O4. The topological polar surface area (TPSA) is 68.6 Å². The Morgan fingerprint density at radius 3 is 2.41 bits per heavy atom. The van der Waals surface area contributed by atoms with Gasteiger partial charge in [0.05, 0.1) is 24.5 Å². The second-order valence-electron chi connectivity index (χ2n) is 7.87. The first kappa shape index (κ1) is 18.2. The van der Waals surface area contributed by atoms with Gasteiger partial charge in [0.1, 0.15) is 0 Å². The van der Waals surface area contributed by atoms with Crippen molar-refractivity contribution in [3.63, 3.8) is 0 Å². The van der Waals surface area contributed by atoms with Gasteiger partial charge in [0.2, 0.25) is 11.8 Å². The predicted molar refractivity (Wildman–Crippen MR) is 99.3 cm³/mol. The fraction of sp³-hybridized carbons (Fsp3) is 0.571. The first-order chi connectivity index (χ1) is 13.0. The minimum Gasteiger partial charge on any atom is -0.376 e. The second-order valence-corrected chi connectivity index (χ2v) is 7.87. The molecule has 1 aliphatic carbocycles. The van der Waals surface area contributed by atoms with Crippen molar-refractivity contribution in [2.75, 3.05) is 13.2 Å². The predicted octanol–water partition coefficient (Wildman–Crippen LogP) is 2.42. The number of hydrogen-bond donors (Lipinski definition) is 0. The first-order valence-electron chi connectivity index (χ1n) is 9.79. The molecule has 0 radical (unpaired) electrons. The molecule has 0 spiro atoms.